The maximum absolute atomic E-state index is 11.8. The second kappa shape index (κ2) is 8.32. The third kappa shape index (κ3) is 3.71. The van der Waals surface area contributed by atoms with Gasteiger partial charge in [0.15, 0.2) is 0 Å². The monoisotopic (exact) mass is 431 g/mol. The zero-order valence-electron chi connectivity index (χ0n) is 18.7. The molecule has 0 amide bonds. The van der Waals surface area contributed by atoms with Crippen LogP contribution in [0.2, 0.25) is 0 Å². The van der Waals surface area contributed by atoms with E-state index >= 15 is 0 Å². The van der Waals surface area contributed by atoms with Crippen molar-refractivity contribution in [3.8, 4) is 6.07 Å². The van der Waals surface area contributed by atoms with Crippen LogP contribution in [-0.2, 0) is 11.3 Å². The summed E-state index contributed by atoms with van der Waals surface area (Å²) < 4.78 is 5.15. The number of carbonyl (C=O) groups is 1. The number of nitrogens with zero attached hydrogens (tertiary/aromatic N) is 3. The van der Waals surface area contributed by atoms with E-state index in [1.54, 1.807) is 6.07 Å². The summed E-state index contributed by atoms with van der Waals surface area (Å²) in [5, 5.41) is 20.1. The molecule has 5 rings (SSSR count). The van der Waals surface area contributed by atoms with Gasteiger partial charge in [0, 0.05) is 44.3 Å². The molecule has 3 aliphatic heterocycles. The summed E-state index contributed by atoms with van der Waals surface area (Å²) in [4.78, 5) is 16.7. The van der Waals surface area contributed by atoms with Crippen molar-refractivity contribution in [2.75, 3.05) is 32.7 Å². The Hall–Kier alpha value is -2.72. The average Bonchev–Trinajstić information content (AvgIpc) is 3.37. The number of nitriles is 1. The largest absolute Gasteiger partial charge is 0.457 e. The normalized spacial score (nSPS) is 24.0. The summed E-state index contributed by atoms with van der Waals surface area (Å²) in [7, 11) is 0. The molecule has 0 saturated carbocycles. The van der Waals surface area contributed by atoms with Crippen LogP contribution in [0.5, 0.6) is 0 Å². The number of aliphatic hydroxyl groups is 1. The predicted octanol–water partition coefficient (Wildman–Crippen LogP) is 3.05. The molecule has 1 N–H and O–H groups in total. The minimum absolute atomic E-state index is 0.270. The van der Waals surface area contributed by atoms with Gasteiger partial charge in [0.05, 0.1) is 23.3 Å². The van der Waals surface area contributed by atoms with Crippen LogP contribution in [0.1, 0.15) is 62.2 Å². The zero-order valence-corrected chi connectivity index (χ0v) is 18.7. The van der Waals surface area contributed by atoms with E-state index in [4.69, 9.17) is 10.00 Å². The van der Waals surface area contributed by atoms with Gasteiger partial charge in [-0.25, -0.2) is 4.79 Å². The van der Waals surface area contributed by atoms with Crippen molar-refractivity contribution in [2.24, 2.45) is 0 Å². The van der Waals surface area contributed by atoms with Gasteiger partial charge in [-0.2, -0.15) is 5.26 Å². The topological polar surface area (TPSA) is 76.8 Å². The van der Waals surface area contributed by atoms with Gasteiger partial charge in [-0.3, -0.25) is 9.80 Å². The number of cyclic esters (lactones) is 1. The summed E-state index contributed by atoms with van der Waals surface area (Å²) in [5.74, 6) is 0.225. The third-order valence-electron chi connectivity index (χ3n) is 7.54. The van der Waals surface area contributed by atoms with Gasteiger partial charge in [-0.1, -0.05) is 12.1 Å². The molecular weight excluding hydrogens is 402 g/mol. The van der Waals surface area contributed by atoms with Crippen LogP contribution in [0.25, 0.3) is 0 Å². The lowest BCUT2D eigenvalue weighted by molar-refractivity contribution is 0.0534. The number of fused-ring (bicyclic) bond motifs is 2. The molecule has 0 aliphatic carbocycles. The Morgan fingerprint density at radius 2 is 2.06 bits per heavy atom. The standard InChI is InChI=1S/C26H29N3O3/c1-16-9-18(11-27)3-4-21(16)19-10-20-13-28(7-8-29(20)12-19)14-25(30)22-5-6-23-24(17(22)2)15-32-26(23)31/h3-6,9,19-20,25,30H,7-8,10,12-15H2,1-2H3/t19?,20-,25+/m0/s1. The van der Waals surface area contributed by atoms with Crippen molar-refractivity contribution in [1.29, 1.82) is 5.26 Å². The van der Waals surface area contributed by atoms with E-state index < -0.39 is 6.10 Å². The fraction of sp³-hybridized carbons (Fsp3) is 0.462. The maximum atomic E-state index is 11.8. The quantitative estimate of drug-likeness (QED) is 0.750. The van der Waals surface area contributed by atoms with Crippen LogP contribution in [0.15, 0.2) is 30.3 Å². The van der Waals surface area contributed by atoms with Crippen LogP contribution in [0.4, 0.5) is 0 Å². The molecule has 0 radical (unpaired) electrons. The Morgan fingerprint density at radius 3 is 2.84 bits per heavy atom. The number of hydrogen-bond donors (Lipinski definition) is 1. The van der Waals surface area contributed by atoms with E-state index in [1.807, 2.05) is 25.1 Å². The number of hydrogen-bond acceptors (Lipinski definition) is 6. The molecule has 2 aromatic rings. The number of ether oxygens (including phenoxy) is 1. The van der Waals surface area contributed by atoms with E-state index in [-0.39, 0.29) is 5.97 Å². The fourth-order valence-corrected chi connectivity index (χ4v) is 5.77. The highest BCUT2D eigenvalue weighted by Crippen LogP contribution is 2.36. The Labute approximate surface area is 189 Å². The van der Waals surface area contributed by atoms with Gasteiger partial charge in [-0.05, 0) is 66.6 Å². The van der Waals surface area contributed by atoms with E-state index in [9.17, 15) is 9.90 Å². The fourth-order valence-electron chi connectivity index (χ4n) is 5.77. The van der Waals surface area contributed by atoms with Crippen molar-refractivity contribution < 1.29 is 14.6 Å². The zero-order chi connectivity index (χ0) is 22.4. The Kier molecular flexibility index (Phi) is 5.50. The van der Waals surface area contributed by atoms with Crippen LogP contribution < -0.4 is 0 Å². The Balaban J connectivity index is 1.24. The summed E-state index contributed by atoms with van der Waals surface area (Å²) in [5.41, 5.74) is 6.68. The van der Waals surface area contributed by atoms with Crippen molar-refractivity contribution in [2.45, 2.75) is 44.9 Å². The first kappa shape index (κ1) is 21.1. The number of carbonyl (C=O) groups excluding carboxylic acids is 1. The lowest BCUT2D eigenvalue weighted by atomic mass is 9.91. The first-order chi connectivity index (χ1) is 15.4. The van der Waals surface area contributed by atoms with Crippen molar-refractivity contribution in [3.05, 3.63) is 69.3 Å². The van der Waals surface area contributed by atoms with E-state index in [0.717, 1.165) is 54.9 Å². The molecule has 3 aliphatic rings. The SMILES string of the molecule is Cc1cc(C#N)ccc1C1C[C@H]2CN(C[C@@H](O)c3ccc4c(c3C)COC4=O)CCN2C1. The minimum Gasteiger partial charge on any atom is -0.457 e. The molecule has 3 atom stereocenters. The highest BCUT2D eigenvalue weighted by atomic mass is 16.5. The van der Waals surface area contributed by atoms with Gasteiger partial charge in [0.1, 0.15) is 6.61 Å². The summed E-state index contributed by atoms with van der Waals surface area (Å²) in [6.07, 6.45) is 0.525. The van der Waals surface area contributed by atoms with Gasteiger partial charge < -0.3 is 9.84 Å². The molecule has 2 fully saturated rings. The number of β-amino-alcohol motifs (C(OH)–C–C–N with tert-alkyl or cyclic N) is 1. The van der Waals surface area contributed by atoms with Crippen LogP contribution in [-0.4, -0.2) is 59.6 Å². The third-order valence-corrected chi connectivity index (χ3v) is 7.54. The molecule has 2 aromatic carbocycles. The molecule has 3 heterocycles. The summed E-state index contributed by atoms with van der Waals surface area (Å²) in [6.45, 7) is 8.94. The van der Waals surface area contributed by atoms with Crippen LogP contribution >= 0.6 is 0 Å². The molecule has 0 spiro atoms. The van der Waals surface area contributed by atoms with Crippen molar-refractivity contribution in [3.63, 3.8) is 0 Å². The smallest absolute Gasteiger partial charge is 0.338 e. The highest BCUT2D eigenvalue weighted by Gasteiger charge is 2.37. The van der Waals surface area contributed by atoms with Gasteiger partial charge >= 0.3 is 5.97 Å². The first-order valence-electron chi connectivity index (χ1n) is 11.4. The van der Waals surface area contributed by atoms with Crippen LogP contribution in [0.3, 0.4) is 0 Å². The molecule has 0 aromatic heterocycles. The van der Waals surface area contributed by atoms with E-state index in [1.165, 1.54) is 11.1 Å². The molecule has 0 bridgehead atoms. The van der Waals surface area contributed by atoms with E-state index in [0.29, 0.717) is 30.7 Å². The second-order valence-corrected chi connectivity index (χ2v) is 9.42. The molecule has 32 heavy (non-hydrogen) atoms. The Morgan fingerprint density at radius 1 is 1.22 bits per heavy atom. The second-order valence-electron chi connectivity index (χ2n) is 9.42. The molecular formula is C26H29N3O3. The van der Waals surface area contributed by atoms with Crippen LogP contribution in [0, 0.1) is 25.2 Å². The van der Waals surface area contributed by atoms with Crippen molar-refractivity contribution >= 4 is 5.97 Å². The number of aliphatic hydroxyl groups excluding tert-OH is 1. The number of aryl methyl sites for hydroxylation is 1. The predicted molar refractivity (Wildman–Crippen MR) is 120 cm³/mol. The van der Waals surface area contributed by atoms with Gasteiger partial charge in [0.25, 0.3) is 0 Å². The molecule has 6 nitrogen and oxygen atoms in total. The average molecular weight is 432 g/mol. The van der Waals surface area contributed by atoms with Crippen molar-refractivity contribution in [1.82, 2.24) is 9.80 Å². The first-order valence-corrected chi connectivity index (χ1v) is 11.4. The lowest BCUT2D eigenvalue weighted by Gasteiger charge is -2.38. The maximum Gasteiger partial charge on any atom is 0.338 e. The molecule has 2 saturated heterocycles. The van der Waals surface area contributed by atoms with E-state index in [2.05, 4.69) is 28.9 Å². The number of esters is 1. The number of benzene rings is 2. The molecule has 1 unspecified atom stereocenters. The molecule has 6 heteroatoms. The summed E-state index contributed by atoms with van der Waals surface area (Å²) in [6, 6.07) is 12.4. The Bertz CT molecular complexity index is 1110. The summed E-state index contributed by atoms with van der Waals surface area (Å²) >= 11 is 0. The number of rotatable bonds is 4. The van der Waals surface area contributed by atoms with Gasteiger partial charge in [0.2, 0.25) is 0 Å². The number of piperazine rings is 1. The molecule has 166 valence electrons. The highest BCUT2D eigenvalue weighted by molar-refractivity contribution is 5.93. The lowest BCUT2D eigenvalue weighted by Crippen LogP contribution is -2.51. The van der Waals surface area contributed by atoms with Gasteiger partial charge in [-0.15, -0.1) is 0 Å². The minimum atomic E-state index is -0.583.